The van der Waals surface area contributed by atoms with E-state index in [4.69, 9.17) is 0 Å². The molecule has 0 saturated heterocycles. The molecule has 0 unspecified atom stereocenters. The number of nitrogens with one attached hydrogen (secondary N) is 2. The molecule has 1 amide bonds. The first-order valence-corrected chi connectivity index (χ1v) is 6.15. The Balaban J connectivity index is 1.65. The minimum atomic E-state index is -0.0533. The molecular weight excluding hydrogens is 242 g/mol. The summed E-state index contributed by atoms with van der Waals surface area (Å²) in [6.45, 7) is 3.66. The van der Waals surface area contributed by atoms with Gasteiger partial charge in [0.15, 0.2) is 0 Å². The fraction of sp³-hybridized carbons (Fsp3) is 0.308. The van der Waals surface area contributed by atoms with Gasteiger partial charge in [0.1, 0.15) is 0 Å². The van der Waals surface area contributed by atoms with E-state index in [2.05, 4.69) is 20.9 Å². The molecule has 0 aliphatic carbocycles. The summed E-state index contributed by atoms with van der Waals surface area (Å²) in [6, 6.07) is 7.72. The van der Waals surface area contributed by atoms with Gasteiger partial charge in [-0.15, -0.1) is 5.10 Å². The van der Waals surface area contributed by atoms with Crippen LogP contribution < -0.4 is 10.6 Å². The van der Waals surface area contributed by atoms with Crippen LogP contribution in [0.2, 0.25) is 0 Å². The first-order chi connectivity index (χ1) is 9.24. The van der Waals surface area contributed by atoms with Crippen LogP contribution in [0.1, 0.15) is 5.56 Å². The van der Waals surface area contributed by atoms with E-state index in [1.165, 1.54) is 5.56 Å². The van der Waals surface area contributed by atoms with E-state index in [9.17, 15) is 4.79 Å². The van der Waals surface area contributed by atoms with Gasteiger partial charge in [0.25, 0.3) is 0 Å². The van der Waals surface area contributed by atoms with Gasteiger partial charge in [0.2, 0.25) is 5.91 Å². The molecule has 0 spiro atoms. The molecule has 2 N–H and O–H groups in total. The third-order valence-electron chi connectivity index (χ3n) is 2.61. The molecule has 1 heterocycles. The van der Waals surface area contributed by atoms with Gasteiger partial charge in [-0.3, -0.25) is 9.48 Å². The van der Waals surface area contributed by atoms with Crippen LogP contribution in [-0.4, -0.2) is 34.0 Å². The summed E-state index contributed by atoms with van der Waals surface area (Å²) in [4.78, 5) is 11.7. The van der Waals surface area contributed by atoms with E-state index in [0.29, 0.717) is 13.1 Å². The Morgan fingerprint density at radius 1 is 1.32 bits per heavy atom. The summed E-state index contributed by atoms with van der Waals surface area (Å²) in [6.07, 6.45) is 3.41. The zero-order valence-electron chi connectivity index (χ0n) is 10.8. The Hall–Kier alpha value is -2.21. The van der Waals surface area contributed by atoms with Gasteiger partial charge in [-0.2, -0.15) is 0 Å². The number of amides is 1. The number of hydrogen-bond acceptors (Lipinski definition) is 4. The van der Waals surface area contributed by atoms with E-state index in [1.54, 1.807) is 17.1 Å². The molecule has 0 aliphatic heterocycles. The number of carbonyl (C=O) groups is 1. The maximum absolute atomic E-state index is 11.7. The van der Waals surface area contributed by atoms with Gasteiger partial charge >= 0.3 is 0 Å². The second kappa shape index (κ2) is 6.65. The third kappa shape index (κ3) is 4.51. The Bertz CT molecular complexity index is 506. The highest BCUT2D eigenvalue weighted by atomic mass is 16.1. The molecule has 2 aromatic rings. The van der Waals surface area contributed by atoms with Gasteiger partial charge in [-0.05, 0) is 19.1 Å². The molecule has 19 heavy (non-hydrogen) atoms. The summed E-state index contributed by atoms with van der Waals surface area (Å²) in [5, 5.41) is 13.4. The Kier molecular flexibility index (Phi) is 4.63. The average molecular weight is 259 g/mol. The number of aromatic nitrogens is 3. The van der Waals surface area contributed by atoms with Gasteiger partial charge < -0.3 is 10.6 Å². The van der Waals surface area contributed by atoms with Crippen molar-refractivity contribution in [1.82, 2.24) is 20.3 Å². The van der Waals surface area contributed by atoms with Crippen molar-refractivity contribution in [2.45, 2.75) is 13.5 Å². The molecule has 6 nitrogen and oxygen atoms in total. The summed E-state index contributed by atoms with van der Waals surface area (Å²) in [7, 11) is 0. The molecule has 0 bridgehead atoms. The summed E-state index contributed by atoms with van der Waals surface area (Å²) in [5.41, 5.74) is 1.98. The number of carbonyl (C=O) groups excluding carboxylic acids is 1. The Morgan fingerprint density at radius 2 is 2.11 bits per heavy atom. The van der Waals surface area contributed by atoms with Crippen molar-refractivity contribution < 1.29 is 4.79 Å². The first kappa shape index (κ1) is 13.2. The number of benzene rings is 1. The summed E-state index contributed by atoms with van der Waals surface area (Å²) in [5.74, 6) is -0.0533. The van der Waals surface area contributed by atoms with Crippen molar-refractivity contribution in [2.24, 2.45) is 0 Å². The molecule has 1 aromatic carbocycles. The lowest BCUT2D eigenvalue weighted by molar-refractivity contribution is -0.115. The molecule has 6 heteroatoms. The van der Waals surface area contributed by atoms with E-state index in [0.717, 1.165) is 5.69 Å². The molecule has 0 radical (unpaired) electrons. The minimum absolute atomic E-state index is 0.0533. The number of anilines is 1. The van der Waals surface area contributed by atoms with Crippen molar-refractivity contribution in [3.05, 3.63) is 42.2 Å². The monoisotopic (exact) mass is 259 g/mol. The van der Waals surface area contributed by atoms with Crippen LogP contribution in [0.3, 0.4) is 0 Å². The lowest BCUT2D eigenvalue weighted by Gasteiger charge is -2.07. The highest BCUT2D eigenvalue weighted by molar-refractivity contribution is 5.92. The maximum Gasteiger partial charge on any atom is 0.238 e. The topological polar surface area (TPSA) is 71.8 Å². The van der Waals surface area contributed by atoms with Crippen molar-refractivity contribution in [3.63, 3.8) is 0 Å². The molecule has 0 saturated carbocycles. The zero-order chi connectivity index (χ0) is 13.5. The molecule has 1 aromatic heterocycles. The largest absolute Gasteiger partial charge is 0.325 e. The van der Waals surface area contributed by atoms with E-state index in [-0.39, 0.29) is 12.5 Å². The second-order valence-corrected chi connectivity index (χ2v) is 4.26. The molecule has 0 aliphatic rings. The first-order valence-electron chi connectivity index (χ1n) is 6.15. The van der Waals surface area contributed by atoms with Crippen LogP contribution >= 0.6 is 0 Å². The minimum Gasteiger partial charge on any atom is -0.325 e. The van der Waals surface area contributed by atoms with Crippen molar-refractivity contribution in [1.29, 1.82) is 0 Å². The number of hydrogen-bond donors (Lipinski definition) is 2. The molecular formula is C13H17N5O. The SMILES string of the molecule is Cc1ccc(NC(=O)CNCCn2ccnn2)cc1. The second-order valence-electron chi connectivity index (χ2n) is 4.26. The molecule has 100 valence electrons. The van der Waals surface area contributed by atoms with Gasteiger partial charge in [0, 0.05) is 18.4 Å². The van der Waals surface area contributed by atoms with Crippen molar-refractivity contribution in [3.8, 4) is 0 Å². The van der Waals surface area contributed by atoms with Gasteiger partial charge in [-0.25, -0.2) is 0 Å². The fourth-order valence-corrected chi connectivity index (χ4v) is 1.59. The molecule has 0 fully saturated rings. The van der Waals surface area contributed by atoms with Crippen LogP contribution in [0.15, 0.2) is 36.7 Å². The number of rotatable bonds is 6. The average Bonchev–Trinajstić information content (AvgIpc) is 2.91. The van der Waals surface area contributed by atoms with E-state index in [1.807, 2.05) is 31.2 Å². The quantitative estimate of drug-likeness (QED) is 0.753. The number of nitrogens with zero attached hydrogens (tertiary/aromatic N) is 3. The van der Waals surface area contributed by atoms with Gasteiger partial charge in [-0.1, -0.05) is 22.9 Å². The zero-order valence-corrected chi connectivity index (χ0v) is 10.8. The van der Waals surface area contributed by atoms with Gasteiger partial charge in [0.05, 0.1) is 19.3 Å². The smallest absolute Gasteiger partial charge is 0.238 e. The highest BCUT2D eigenvalue weighted by Crippen LogP contribution is 2.07. The summed E-state index contributed by atoms with van der Waals surface area (Å²) >= 11 is 0. The van der Waals surface area contributed by atoms with Crippen LogP contribution in [0.4, 0.5) is 5.69 Å². The fourth-order valence-electron chi connectivity index (χ4n) is 1.59. The lowest BCUT2D eigenvalue weighted by atomic mass is 10.2. The summed E-state index contributed by atoms with van der Waals surface area (Å²) < 4.78 is 1.71. The van der Waals surface area contributed by atoms with Crippen molar-refractivity contribution >= 4 is 11.6 Å². The van der Waals surface area contributed by atoms with E-state index < -0.39 is 0 Å². The predicted molar refractivity (Wildman–Crippen MR) is 72.7 cm³/mol. The van der Waals surface area contributed by atoms with Crippen LogP contribution in [0, 0.1) is 6.92 Å². The highest BCUT2D eigenvalue weighted by Gasteiger charge is 2.01. The standard InChI is InChI=1S/C13H17N5O/c1-11-2-4-12(5-3-11)16-13(19)10-14-6-8-18-9-7-15-17-18/h2-5,7,9,14H,6,8,10H2,1H3,(H,16,19). The van der Waals surface area contributed by atoms with Crippen LogP contribution in [0.25, 0.3) is 0 Å². The Morgan fingerprint density at radius 3 is 2.79 bits per heavy atom. The molecule has 0 atom stereocenters. The third-order valence-corrected chi connectivity index (χ3v) is 2.61. The maximum atomic E-state index is 11.7. The van der Waals surface area contributed by atoms with Crippen LogP contribution in [-0.2, 0) is 11.3 Å². The predicted octanol–water partition coefficient (Wildman–Crippen LogP) is 0.815. The normalized spacial score (nSPS) is 10.4. The lowest BCUT2D eigenvalue weighted by Crippen LogP contribution is -2.30. The van der Waals surface area contributed by atoms with Crippen molar-refractivity contribution in [2.75, 3.05) is 18.4 Å². The van der Waals surface area contributed by atoms with Crippen LogP contribution in [0.5, 0.6) is 0 Å². The molecule has 2 rings (SSSR count). The van der Waals surface area contributed by atoms with E-state index >= 15 is 0 Å². The Labute approximate surface area is 111 Å². The number of aryl methyl sites for hydroxylation is 1.